The predicted molar refractivity (Wildman–Crippen MR) is 109 cm³/mol. The van der Waals surface area contributed by atoms with E-state index in [1.807, 2.05) is 37.3 Å². The van der Waals surface area contributed by atoms with E-state index in [1.54, 1.807) is 18.2 Å². The lowest BCUT2D eigenvalue weighted by molar-refractivity contribution is -0.140. The number of hydrogen-bond acceptors (Lipinski definition) is 5. The molecule has 1 fully saturated rings. The number of carbonyl (C=O) groups excluding carboxylic acids is 2. The number of likely N-dealkylation sites (tertiary alicyclic amines) is 1. The maximum atomic E-state index is 13.1. The summed E-state index contributed by atoms with van der Waals surface area (Å²) in [6, 6.07) is 14.8. The van der Waals surface area contributed by atoms with Crippen LogP contribution in [0.25, 0.3) is 16.6 Å². The fraction of sp³-hybridized carbons (Fsp3) is 0.238. The Morgan fingerprint density at radius 3 is 2.57 bits per heavy atom. The van der Waals surface area contributed by atoms with Gasteiger partial charge < -0.3 is 0 Å². The van der Waals surface area contributed by atoms with E-state index in [2.05, 4.69) is 4.98 Å². The number of aryl methyl sites for hydroxylation is 1. The Bertz CT molecular complexity index is 1120. The van der Waals surface area contributed by atoms with Crippen LogP contribution in [0.5, 0.6) is 0 Å². The molecule has 7 heteroatoms. The summed E-state index contributed by atoms with van der Waals surface area (Å²) in [5.41, 5.74) is 2.19. The number of aromatic nitrogens is 2. The van der Waals surface area contributed by atoms with Crippen molar-refractivity contribution in [3.05, 3.63) is 64.4 Å². The van der Waals surface area contributed by atoms with Gasteiger partial charge in [0.25, 0.3) is 5.56 Å². The Hall–Kier alpha value is -2.93. The van der Waals surface area contributed by atoms with Gasteiger partial charge in [-0.2, -0.15) is 0 Å². The van der Waals surface area contributed by atoms with Crippen LogP contribution in [-0.2, 0) is 9.59 Å². The SMILES string of the molecule is Cc1ccc(-n2c(SCC(=O)N3CCCC3=O)nc3ccccc3c2=O)cc1. The molecule has 3 aromatic rings. The monoisotopic (exact) mass is 393 g/mol. The summed E-state index contributed by atoms with van der Waals surface area (Å²) >= 11 is 1.18. The molecule has 1 aliphatic rings. The minimum atomic E-state index is -0.245. The van der Waals surface area contributed by atoms with Crippen LogP contribution in [0.3, 0.4) is 0 Å². The molecule has 0 bridgehead atoms. The molecule has 0 unspecified atom stereocenters. The second kappa shape index (κ2) is 7.59. The van der Waals surface area contributed by atoms with Gasteiger partial charge in [-0.05, 0) is 37.6 Å². The molecule has 0 saturated carbocycles. The van der Waals surface area contributed by atoms with Crippen molar-refractivity contribution >= 4 is 34.5 Å². The number of para-hydroxylation sites is 1. The Morgan fingerprint density at radius 1 is 1.11 bits per heavy atom. The van der Waals surface area contributed by atoms with Crippen LogP contribution >= 0.6 is 11.8 Å². The third-order valence-electron chi connectivity index (χ3n) is 4.74. The summed E-state index contributed by atoms with van der Waals surface area (Å²) in [6.07, 6.45) is 1.12. The Kier molecular flexibility index (Phi) is 5.00. The highest BCUT2D eigenvalue weighted by molar-refractivity contribution is 7.99. The van der Waals surface area contributed by atoms with Crippen LogP contribution in [0, 0.1) is 6.92 Å². The average Bonchev–Trinajstić information content (AvgIpc) is 3.13. The van der Waals surface area contributed by atoms with Crippen molar-refractivity contribution in [1.82, 2.24) is 14.5 Å². The van der Waals surface area contributed by atoms with Crippen molar-refractivity contribution in [3.63, 3.8) is 0 Å². The number of nitrogens with zero attached hydrogens (tertiary/aromatic N) is 3. The van der Waals surface area contributed by atoms with E-state index >= 15 is 0 Å². The van der Waals surface area contributed by atoms with Gasteiger partial charge >= 0.3 is 0 Å². The van der Waals surface area contributed by atoms with Crippen LogP contribution in [-0.4, -0.2) is 38.6 Å². The topological polar surface area (TPSA) is 72.3 Å². The van der Waals surface area contributed by atoms with Gasteiger partial charge in [-0.3, -0.25) is 23.9 Å². The minimum absolute atomic E-state index is 0.0579. The molecule has 1 aliphatic heterocycles. The highest BCUT2D eigenvalue weighted by atomic mass is 32.2. The predicted octanol–water partition coefficient (Wildman–Crippen LogP) is 2.94. The zero-order valence-electron chi connectivity index (χ0n) is 15.4. The van der Waals surface area contributed by atoms with Gasteiger partial charge in [-0.25, -0.2) is 4.98 Å². The molecular weight excluding hydrogens is 374 g/mol. The highest BCUT2D eigenvalue weighted by Crippen LogP contribution is 2.23. The minimum Gasteiger partial charge on any atom is -0.282 e. The smallest absolute Gasteiger partial charge is 0.266 e. The molecule has 2 aromatic carbocycles. The van der Waals surface area contributed by atoms with E-state index in [4.69, 9.17) is 0 Å². The second-order valence-corrected chi connectivity index (χ2v) is 7.66. The Morgan fingerprint density at radius 2 is 1.86 bits per heavy atom. The van der Waals surface area contributed by atoms with Gasteiger partial charge in [-0.1, -0.05) is 41.6 Å². The molecule has 1 saturated heterocycles. The fourth-order valence-corrected chi connectivity index (χ4v) is 4.14. The third-order valence-corrected chi connectivity index (χ3v) is 5.66. The number of benzene rings is 2. The first kappa shape index (κ1) is 18.4. The van der Waals surface area contributed by atoms with Crippen LogP contribution in [0.4, 0.5) is 0 Å². The van der Waals surface area contributed by atoms with Gasteiger partial charge in [0.2, 0.25) is 11.8 Å². The van der Waals surface area contributed by atoms with Crippen LogP contribution in [0.15, 0.2) is 58.5 Å². The standard InChI is InChI=1S/C21H19N3O3S/c1-14-8-10-15(11-9-14)24-20(27)16-5-2-3-6-17(16)22-21(24)28-13-19(26)23-12-4-7-18(23)25/h2-3,5-6,8-11H,4,7,12-13H2,1H3. The van der Waals surface area contributed by atoms with E-state index < -0.39 is 0 Å². The number of imide groups is 1. The summed E-state index contributed by atoms with van der Waals surface area (Å²) in [5, 5.41) is 0.959. The van der Waals surface area contributed by atoms with Crippen LogP contribution in [0.2, 0.25) is 0 Å². The van der Waals surface area contributed by atoms with Crippen LogP contribution < -0.4 is 5.56 Å². The molecule has 0 aliphatic carbocycles. The van der Waals surface area contributed by atoms with E-state index in [0.717, 1.165) is 5.56 Å². The fourth-order valence-electron chi connectivity index (χ4n) is 3.25. The normalized spacial score (nSPS) is 14.0. The van der Waals surface area contributed by atoms with Gasteiger partial charge in [-0.15, -0.1) is 0 Å². The molecule has 0 spiro atoms. The lowest BCUT2D eigenvalue weighted by Crippen LogP contribution is -2.33. The molecule has 4 rings (SSSR count). The van der Waals surface area contributed by atoms with Gasteiger partial charge in [0.05, 0.1) is 22.3 Å². The van der Waals surface area contributed by atoms with Crippen molar-refractivity contribution in [2.75, 3.05) is 12.3 Å². The zero-order chi connectivity index (χ0) is 19.7. The largest absolute Gasteiger partial charge is 0.282 e. The number of carbonyl (C=O) groups is 2. The molecule has 1 aromatic heterocycles. The first-order valence-corrected chi connectivity index (χ1v) is 10.1. The summed E-state index contributed by atoms with van der Waals surface area (Å²) < 4.78 is 1.53. The quantitative estimate of drug-likeness (QED) is 0.503. The number of amides is 2. The van der Waals surface area contributed by atoms with Crippen molar-refractivity contribution in [2.45, 2.75) is 24.9 Å². The lowest BCUT2D eigenvalue weighted by Gasteiger charge is -2.15. The number of fused-ring (bicyclic) bond motifs is 1. The molecule has 6 nitrogen and oxygen atoms in total. The molecule has 0 radical (unpaired) electrons. The summed E-state index contributed by atoms with van der Waals surface area (Å²) in [7, 11) is 0. The zero-order valence-corrected chi connectivity index (χ0v) is 16.2. The molecule has 0 atom stereocenters. The van der Waals surface area contributed by atoms with Crippen molar-refractivity contribution in [2.24, 2.45) is 0 Å². The molecule has 142 valence electrons. The summed E-state index contributed by atoms with van der Waals surface area (Å²) in [5.74, 6) is -0.319. The van der Waals surface area contributed by atoms with Gasteiger partial charge in [0.15, 0.2) is 5.16 Å². The summed E-state index contributed by atoms with van der Waals surface area (Å²) in [4.78, 5) is 43.3. The number of hydrogen-bond donors (Lipinski definition) is 0. The number of rotatable bonds is 4. The molecule has 2 amide bonds. The highest BCUT2D eigenvalue weighted by Gasteiger charge is 2.26. The van der Waals surface area contributed by atoms with E-state index in [0.29, 0.717) is 41.1 Å². The first-order chi connectivity index (χ1) is 13.5. The number of thioether (sulfide) groups is 1. The maximum Gasteiger partial charge on any atom is 0.266 e. The molecule has 2 heterocycles. The molecule has 0 N–H and O–H groups in total. The first-order valence-electron chi connectivity index (χ1n) is 9.09. The van der Waals surface area contributed by atoms with Crippen molar-refractivity contribution in [3.8, 4) is 5.69 Å². The molecular formula is C21H19N3O3S. The van der Waals surface area contributed by atoms with Crippen molar-refractivity contribution in [1.29, 1.82) is 0 Å². The van der Waals surface area contributed by atoms with E-state index in [1.165, 1.54) is 21.2 Å². The van der Waals surface area contributed by atoms with Gasteiger partial charge in [0.1, 0.15) is 0 Å². The average molecular weight is 393 g/mol. The summed E-state index contributed by atoms with van der Waals surface area (Å²) in [6.45, 7) is 2.45. The van der Waals surface area contributed by atoms with Crippen LogP contribution in [0.1, 0.15) is 18.4 Å². The second-order valence-electron chi connectivity index (χ2n) is 6.72. The van der Waals surface area contributed by atoms with Crippen molar-refractivity contribution < 1.29 is 9.59 Å². The Labute approximate surface area is 166 Å². The maximum absolute atomic E-state index is 13.1. The van der Waals surface area contributed by atoms with E-state index in [-0.39, 0.29) is 23.1 Å². The molecule has 28 heavy (non-hydrogen) atoms. The van der Waals surface area contributed by atoms with Gasteiger partial charge in [0, 0.05) is 13.0 Å². The lowest BCUT2D eigenvalue weighted by atomic mass is 10.2. The van der Waals surface area contributed by atoms with E-state index in [9.17, 15) is 14.4 Å². The Balaban J connectivity index is 1.74. The third kappa shape index (κ3) is 3.45.